The number of aliphatic hydroxyl groups is 1. The van der Waals surface area contributed by atoms with Crippen LogP contribution in [0.15, 0.2) is 24.3 Å². The third kappa shape index (κ3) is 3.33. The average molecular weight is 280 g/mol. The van der Waals surface area contributed by atoms with Crippen molar-refractivity contribution in [3.8, 4) is 0 Å². The van der Waals surface area contributed by atoms with Crippen LogP contribution in [0.25, 0.3) is 0 Å². The van der Waals surface area contributed by atoms with Gasteiger partial charge in [0.05, 0.1) is 12.1 Å². The fourth-order valence-electron chi connectivity index (χ4n) is 2.22. The molecule has 0 spiro atoms. The lowest BCUT2D eigenvalue weighted by Gasteiger charge is -2.16. The monoisotopic (exact) mass is 280 g/mol. The summed E-state index contributed by atoms with van der Waals surface area (Å²) in [5.74, 6) is -1.32. The molecule has 1 aliphatic rings. The lowest BCUT2D eigenvalue weighted by atomic mass is 10.1. The zero-order valence-electron chi connectivity index (χ0n) is 11.0. The minimum absolute atomic E-state index is 0.0609. The van der Waals surface area contributed by atoms with Crippen molar-refractivity contribution in [1.29, 1.82) is 0 Å². The number of nitrogens with one attached hydrogen (secondary N) is 1. The van der Waals surface area contributed by atoms with E-state index in [0.29, 0.717) is 13.1 Å². The van der Waals surface area contributed by atoms with Gasteiger partial charge in [-0.25, -0.2) is 4.39 Å². The molecule has 108 valence electrons. The Balaban J connectivity index is 1.85. The van der Waals surface area contributed by atoms with Crippen molar-refractivity contribution in [1.82, 2.24) is 10.2 Å². The molecule has 1 aliphatic heterocycles. The average Bonchev–Trinajstić information content (AvgIpc) is 2.94. The maximum Gasteiger partial charge on any atom is 0.254 e. The maximum absolute atomic E-state index is 13.4. The van der Waals surface area contributed by atoms with Gasteiger partial charge in [-0.3, -0.25) is 9.59 Å². The fourth-order valence-corrected chi connectivity index (χ4v) is 2.22. The molecule has 6 heteroatoms. The van der Waals surface area contributed by atoms with Crippen LogP contribution in [0.1, 0.15) is 16.8 Å². The smallest absolute Gasteiger partial charge is 0.254 e. The molecule has 5 nitrogen and oxygen atoms in total. The van der Waals surface area contributed by atoms with E-state index in [9.17, 15) is 14.0 Å². The van der Waals surface area contributed by atoms with E-state index in [2.05, 4.69) is 5.32 Å². The van der Waals surface area contributed by atoms with Gasteiger partial charge < -0.3 is 15.3 Å². The number of benzene rings is 1. The molecule has 0 bridgehead atoms. The minimum atomic E-state index is -0.612. The van der Waals surface area contributed by atoms with Gasteiger partial charge in [-0.05, 0) is 18.6 Å². The van der Waals surface area contributed by atoms with Crippen LogP contribution < -0.4 is 5.32 Å². The number of amides is 2. The first kappa shape index (κ1) is 14.5. The second kappa shape index (κ2) is 6.47. The lowest BCUT2D eigenvalue weighted by molar-refractivity contribution is -0.129. The molecule has 1 aromatic rings. The van der Waals surface area contributed by atoms with Gasteiger partial charge >= 0.3 is 0 Å². The Morgan fingerprint density at radius 2 is 2.15 bits per heavy atom. The molecule has 0 aromatic heterocycles. The highest BCUT2D eigenvalue weighted by Crippen LogP contribution is 2.15. The molecule has 1 atom stereocenters. The van der Waals surface area contributed by atoms with Gasteiger partial charge in [0.1, 0.15) is 5.82 Å². The van der Waals surface area contributed by atoms with Crippen LogP contribution in [0.3, 0.4) is 0 Å². The van der Waals surface area contributed by atoms with Crippen molar-refractivity contribution in [3.05, 3.63) is 35.6 Å². The molecule has 1 aromatic carbocycles. The first-order chi connectivity index (χ1) is 9.61. The number of carbonyl (C=O) groups is 2. The maximum atomic E-state index is 13.4. The largest absolute Gasteiger partial charge is 0.396 e. The number of rotatable bonds is 4. The highest BCUT2D eigenvalue weighted by atomic mass is 19.1. The summed E-state index contributed by atoms with van der Waals surface area (Å²) in [6, 6.07) is 5.62. The van der Waals surface area contributed by atoms with E-state index < -0.39 is 11.7 Å². The number of hydrogen-bond acceptors (Lipinski definition) is 3. The zero-order valence-corrected chi connectivity index (χ0v) is 11.0. The normalized spacial score (nSPS) is 18.1. The van der Waals surface area contributed by atoms with E-state index in [4.69, 9.17) is 5.11 Å². The predicted molar refractivity (Wildman–Crippen MR) is 70.5 cm³/mol. The van der Waals surface area contributed by atoms with Crippen molar-refractivity contribution >= 4 is 11.8 Å². The van der Waals surface area contributed by atoms with Crippen LogP contribution in [0.5, 0.6) is 0 Å². The summed E-state index contributed by atoms with van der Waals surface area (Å²) in [5, 5.41) is 11.4. The van der Waals surface area contributed by atoms with Crippen molar-refractivity contribution in [2.75, 3.05) is 26.2 Å². The van der Waals surface area contributed by atoms with E-state index in [0.717, 1.165) is 6.42 Å². The summed E-state index contributed by atoms with van der Waals surface area (Å²) in [4.78, 5) is 25.2. The third-order valence-electron chi connectivity index (χ3n) is 3.42. The molecule has 0 aliphatic carbocycles. The molecule has 2 rings (SSSR count). The first-order valence-electron chi connectivity index (χ1n) is 6.53. The summed E-state index contributed by atoms with van der Waals surface area (Å²) in [7, 11) is 0. The van der Waals surface area contributed by atoms with E-state index in [1.165, 1.54) is 18.2 Å². The zero-order chi connectivity index (χ0) is 14.5. The minimum Gasteiger partial charge on any atom is -0.396 e. The van der Waals surface area contributed by atoms with E-state index >= 15 is 0 Å². The lowest BCUT2D eigenvalue weighted by Crippen LogP contribution is -2.39. The van der Waals surface area contributed by atoms with Crippen molar-refractivity contribution in [2.45, 2.75) is 6.42 Å². The van der Waals surface area contributed by atoms with Crippen molar-refractivity contribution < 1.29 is 19.1 Å². The van der Waals surface area contributed by atoms with Crippen LogP contribution in [0.2, 0.25) is 0 Å². The molecular formula is C14H17FN2O3. The summed E-state index contributed by atoms with van der Waals surface area (Å²) in [6.45, 7) is 0.987. The Morgan fingerprint density at radius 3 is 2.80 bits per heavy atom. The van der Waals surface area contributed by atoms with Gasteiger partial charge in [0.2, 0.25) is 5.91 Å². The molecule has 0 radical (unpaired) electrons. The summed E-state index contributed by atoms with van der Waals surface area (Å²) >= 11 is 0. The molecule has 1 saturated heterocycles. The quantitative estimate of drug-likeness (QED) is 0.838. The predicted octanol–water partition coefficient (Wildman–Crippen LogP) is 0.396. The van der Waals surface area contributed by atoms with Crippen molar-refractivity contribution in [2.24, 2.45) is 5.92 Å². The fraction of sp³-hybridized carbons (Fsp3) is 0.429. The number of likely N-dealkylation sites (tertiary alicyclic amines) is 1. The Bertz CT molecular complexity index is 507. The van der Waals surface area contributed by atoms with Gasteiger partial charge in [-0.1, -0.05) is 12.1 Å². The number of halogens is 1. The van der Waals surface area contributed by atoms with Crippen LogP contribution in [-0.2, 0) is 4.79 Å². The van der Waals surface area contributed by atoms with Crippen LogP contribution in [0, 0.1) is 11.7 Å². The number of aliphatic hydroxyl groups excluding tert-OH is 1. The van der Waals surface area contributed by atoms with Gasteiger partial charge in [0.25, 0.3) is 5.91 Å². The van der Waals surface area contributed by atoms with E-state index in [1.54, 1.807) is 11.0 Å². The van der Waals surface area contributed by atoms with Gasteiger partial charge in [-0.2, -0.15) is 0 Å². The Labute approximate surface area is 116 Å². The molecule has 2 amide bonds. The summed E-state index contributed by atoms with van der Waals surface area (Å²) in [5.41, 5.74) is -0.0741. The second-order valence-corrected chi connectivity index (χ2v) is 4.84. The SMILES string of the molecule is O=C(NCC(=O)N1CCC(CO)C1)c1ccccc1F. The molecule has 1 unspecified atom stereocenters. The Kier molecular flexibility index (Phi) is 4.68. The molecule has 1 fully saturated rings. The van der Waals surface area contributed by atoms with Crippen molar-refractivity contribution in [3.63, 3.8) is 0 Å². The highest BCUT2D eigenvalue weighted by molar-refractivity contribution is 5.96. The molecule has 20 heavy (non-hydrogen) atoms. The van der Waals surface area contributed by atoms with E-state index in [-0.39, 0.29) is 30.5 Å². The summed E-state index contributed by atoms with van der Waals surface area (Å²) in [6.07, 6.45) is 0.767. The van der Waals surface area contributed by atoms with E-state index in [1.807, 2.05) is 0 Å². The molecular weight excluding hydrogens is 263 g/mol. The topological polar surface area (TPSA) is 69.6 Å². The van der Waals surface area contributed by atoms with Crippen LogP contribution in [-0.4, -0.2) is 48.1 Å². The Morgan fingerprint density at radius 1 is 1.40 bits per heavy atom. The van der Waals surface area contributed by atoms with Gasteiger partial charge in [-0.15, -0.1) is 0 Å². The first-order valence-corrected chi connectivity index (χ1v) is 6.53. The number of carbonyl (C=O) groups excluding carboxylic acids is 2. The van der Waals surface area contributed by atoms with Gasteiger partial charge in [0.15, 0.2) is 0 Å². The standard InChI is InChI=1S/C14H17FN2O3/c15-12-4-2-1-3-11(12)14(20)16-7-13(19)17-6-5-10(8-17)9-18/h1-4,10,18H,5-9H2,(H,16,20). The highest BCUT2D eigenvalue weighted by Gasteiger charge is 2.25. The number of hydrogen-bond donors (Lipinski definition) is 2. The van der Waals surface area contributed by atoms with Crippen LogP contribution >= 0.6 is 0 Å². The molecule has 0 saturated carbocycles. The number of nitrogens with zero attached hydrogens (tertiary/aromatic N) is 1. The molecule has 1 heterocycles. The van der Waals surface area contributed by atoms with Crippen LogP contribution in [0.4, 0.5) is 4.39 Å². The second-order valence-electron chi connectivity index (χ2n) is 4.84. The van der Waals surface area contributed by atoms with Gasteiger partial charge in [0, 0.05) is 25.6 Å². The summed E-state index contributed by atoms with van der Waals surface area (Å²) < 4.78 is 13.4. The Hall–Kier alpha value is -1.95. The third-order valence-corrected chi connectivity index (χ3v) is 3.42. The molecule has 2 N–H and O–H groups in total.